The first-order chi connectivity index (χ1) is 6.93. The minimum absolute atomic E-state index is 0.207. The minimum Gasteiger partial charge on any atom is -0.435 e. The van der Waals surface area contributed by atoms with E-state index in [1.165, 1.54) is 37.2 Å². The Balaban J connectivity index is 2.80. The summed E-state index contributed by atoms with van der Waals surface area (Å²) in [5.41, 5.74) is 2.93. The molecule has 0 saturated heterocycles. The lowest BCUT2D eigenvalue weighted by atomic mass is 9.73. The van der Waals surface area contributed by atoms with Crippen molar-refractivity contribution in [2.45, 2.75) is 47.0 Å². The van der Waals surface area contributed by atoms with E-state index in [0.29, 0.717) is 0 Å². The van der Waals surface area contributed by atoms with Crippen LogP contribution in [-0.2, 0) is 9.53 Å². The largest absolute Gasteiger partial charge is 0.435 e. The maximum absolute atomic E-state index is 10.6. The highest BCUT2D eigenvalue weighted by molar-refractivity contribution is 5.66. The summed E-state index contributed by atoms with van der Waals surface area (Å²) in [6, 6.07) is 0. The van der Waals surface area contributed by atoms with Crippen molar-refractivity contribution in [3.05, 3.63) is 23.5 Å². The molecule has 0 atom stereocenters. The van der Waals surface area contributed by atoms with E-state index >= 15 is 0 Å². The Morgan fingerprint density at radius 3 is 2.67 bits per heavy atom. The molecule has 0 aromatic rings. The summed E-state index contributed by atoms with van der Waals surface area (Å²) < 4.78 is 4.83. The number of hydrogen-bond acceptors (Lipinski definition) is 2. The zero-order chi connectivity index (χ0) is 11.5. The molecule has 2 heteroatoms. The van der Waals surface area contributed by atoms with E-state index in [-0.39, 0.29) is 11.4 Å². The van der Waals surface area contributed by atoms with Crippen LogP contribution in [0.2, 0.25) is 0 Å². The zero-order valence-corrected chi connectivity index (χ0v) is 10.1. The molecule has 0 radical (unpaired) electrons. The third kappa shape index (κ3) is 3.22. The number of carbonyl (C=O) groups excluding carboxylic acids is 1. The van der Waals surface area contributed by atoms with Gasteiger partial charge in [0.2, 0.25) is 0 Å². The van der Waals surface area contributed by atoms with Crippen molar-refractivity contribution in [3.8, 4) is 0 Å². The highest BCUT2D eigenvalue weighted by atomic mass is 16.5. The van der Waals surface area contributed by atoms with E-state index in [0.717, 1.165) is 6.42 Å². The van der Waals surface area contributed by atoms with Crippen LogP contribution in [0.1, 0.15) is 47.0 Å². The van der Waals surface area contributed by atoms with E-state index in [4.69, 9.17) is 4.74 Å². The maximum Gasteiger partial charge on any atom is 0.307 e. The second kappa shape index (κ2) is 4.65. The van der Waals surface area contributed by atoms with Gasteiger partial charge >= 0.3 is 5.97 Å². The number of ether oxygens (including phenoxy) is 1. The molecule has 0 unspecified atom stereocenters. The van der Waals surface area contributed by atoms with Gasteiger partial charge in [-0.3, -0.25) is 4.79 Å². The Morgan fingerprint density at radius 2 is 2.13 bits per heavy atom. The van der Waals surface area contributed by atoms with Crippen LogP contribution in [0.15, 0.2) is 23.5 Å². The Morgan fingerprint density at radius 1 is 1.47 bits per heavy atom. The van der Waals surface area contributed by atoms with Crippen LogP contribution in [0, 0.1) is 5.41 Å². The number of allylic oxidation sites excluding steroid dienone is 3. The first-order valence-corrected chi connectivity index (χ1v) is 5.47. The summed E-state index contributed by atoms with van der Waals surface area (Å²) in [5, 5.41) is 0. The molecule has 0 aliphatic heterocycles. The summed E-state index contributed by atoms with van der Waals surface area (Å²) in [6.45, 7) is 8.05. The molecule has 1 rings (SSSR count). The van der Waals surface area contributed by atoms with Crippen LogP contribution in [0.3, 0.4) is 0 Å². The molecule has 0 heterocycles. The van der Waals surface area contributed by atoms with Gasteiger partial charge in [-0.2, -0.15) is 0 Å². The summed E-state index contributed by atoms with van der Waals surface area (Å²) in [5.74, 6) is -0.266. The van der Waals surface area contributed by atoms with E-state index in [1.54, 1.807) is 0 Å². The number of hydrogen-bond donors (Lipinski definition) is 0. The van der Waals surface area contributed by atoms with Crippen LogP contribution < -0.4 is 0 Å². The van der Waals surface area contributed by atoms with Crippen molar-refractivity contribution in [2.75, 3.05) is 0 Å². The molecule has 0 aromatic carbocycles. The Kier molecular flexibility index (Phi) is 3.72. The normalized spacial score (nSPS) is 20.8. The van der Waals surface area contributed by atoms with Crippen molar-refractivity contribution < 1.29 is 9.53 Å². The third-order valence-electron chi connectivity index (χ3n) is 3.01. The molecular formula is C13H20O2. The predicted octanol–water partition coefficient (Wildman–Crippen LogP) is 3.59. The minimum atomic E-state index is -0.266. The van der Waals surface area contributed by atoms with Gasteiger partial charge in [0, 0.05) is 6.92 Å². The first-order valence-electron chi connectivity index (χ1n) is 5.47. The second-order valence-corrected chi connectivity index (χ2v) is 4.84. The van der Waals surface area contributed by atoms with Gasteiger partial charge in [0.15, 0.2) is 0 Å². The van der Waals surface area contributed by atoms with Crippen molar-refractivity contribution in [1.29, 1.82) is 0 Å². The van der Waals surface area contributed by atoms with Crippen molar-refractivity contribution in [1.82, 2.24) is 0 Å². The SMILES string of the molecule is CC(=O)OC=CC1=C(C)CCCC1(C)C. The fourth-order valence-corrected chi connectivity index (χ4v) is 2.21. The average molecular weight is 208 g/mol. The zero-order valence-electron chi connectivity index (χ0n) is 10.1. The molecule has 15 heavy (non-hydrogen) atoms. The molecule has 0 bridgehead atoms. The molecule has 2 nitrogen and oxygen atoms in total. The monoisotopic (exact) mass is 208 g/mol. The van der Waals surface area contributed by atoms with Crippen LogP contribution in [-0.4, -0.2) is 5.97 Å². The molecule has 0 saturated carbocycles. The molecule has 0 amide bonds. The lowest BCUT2D eigenvalue weighted by Gasteiger charge is -2.32. The number of carbonyl (C=O) groups is 1. The highest BCUT2D eigenvalue weighted by Gasteiger charge is 2.26. The molecule has 0 N–H and O–H groups in total. The van der Waals surface area contributed by atoms with E-state index < -0.39 is 0 Å². The quantitative estimate of drug-likeness (QED) is 0.512. The van der Waals surface area contributed by atoms with Gasteiger partial charge in [-0.1, -0.05) is 19.4 Å². The van der Waals surface area contributed by atoms with Crippen LogP contribution in [0.4, 0.5) is 0 Å². The van der Waals surface area contributed by atoms with Gasteiger partial charge in [0.25, 0.3) is 0 Å². The highest BCUT2D eigenvalue weighted by Crippen LogP contribution is 2.40. The first kappa shape index (κ1) is 12.0. The van der Waals surface area contributed by atoms with Gasteiger partial charge in [0.1, 0.15) is 0 Å². The van der Waals surface area contributed by atoms with E-state index in [1.807, 2.05) is 6.08 Å². The Hall–Kier alpha value is -1.05. The van der Waals surface area contributed by atoms with Gasteiger partial charge in [-0.15, -0.1) is 0 Å². The Bertz CT molecular complexity index is 308. The summed E-state index contributed by atoms with van der Waals surface area (Å²) in [6.07, 6.45) is 7.06. The second-order valence-electron chi connectivity index (χ2n) is 4.84. The summed E-state index contributed by atoms with van der Waals surface area (Å²) >= 11 is 0. The van der Waals surface area contributed by atoms with Crippen molar-refractivity contribution >= 4 is 5.97 Å². The van der Waals surface area contributed by atoms with Crippen LogP contribution in [0.5, 0.6) is 0 Å². The lowest BCUT2D eigenvalue weighted by Crippen LogP contribution is -2.19. The van der Waals surface area contributed by atoms with Crippen molar-refractivity contribution in [3.63, 3.8) is 0 Å². The fraction of sp³-hybridized carbons (Fsp3) is 0.615. The molecule has 84 valence electrons. The maximum atomic E-state index is 10.6. The standard InChI is InChI=1S/C13H20O2/c1-10-6-5-8-13(3,4)12(10)7-9-15-11(2)14/h7,9H,5-6,8H2,1-4H3. The smallest absolute Gasteiger partial charge is 0.307 e. The molecule has 0 aromatic heterocycles. The molecule has 0 fully saturated rings. The lowest BCUT2D eigenvalue weighted by molar-refractivity contribution is -0.135. The molecule has 0 spiro atoms. The summed E-state index contributed by atoms with van der Waals surface area (Å²) in [4.78, 5) is 10.6. The molecule has 1 aliphatic carbocycles. The van der Waals surface area contributed by atoms with Gasteiger partial charge < -0.3 is 4.74 Å². The van der Waals surface area contributed by atoms with Gasteiger partial charge in [0.05, 0.1) is 6.26 Å². The topological polar surface area (TPSA) is 26.3 Å². The third-order valence-corrected chi connectivity index (χ3v) is 3.01. The average Bonchev–Trinajstić information content (AvgIpc) is 2.09. The fourth-order valence-electron chi connectivity index (χ4n) is 2.21. The molecular weight excluding hydrogens is 188 g/mol. The number of rotatable bonds is 2. The number of esters is 1. The van der Waals surface area contributed by atoms with Crippen molar-refractivity contribution in [2.24, 2.45) is 5.41 Å². The van der Waals surface area contributed by atoms with Crippen LogP contribution in [0.25, 0.3) is 0 Å². The van der Waals surface area contributed by atoms with E-state index in [2.05, 4.69) is 20.8 Å². The predicted molar refractivity (Wildman–Crippen MR) is 61.2 cm³/mol. The van der Waals surface area contributed by atoms with Gasteiger partial charge in [-0.05, 0) is 43.3 Å². The van der Waals surface area contributed by atoms with Gasteiger partial charge in [-0.25, -0.2) is 0 Å². The molecule has 1 aliphatic rings. The Labute approximate surface area is 92.0 Å². The van der Waals surface area contributed by atoms with E-state index in [9.17, 15) is 4.79 Å². The van der Waals surface area contributed by atoms with Crippen LogP contribution >= 0.6 is 0 Å². The summed E-state index contributed by atoms with van der Waals surface area (Å²) in [7, 11) is 0.